The minimum atomic E-state index is 0.258. The maximum Gasteiger partial charge on any atom is 0.124 e. The molecule has 0 radical (unpaired) electrons. The van der Waals surface area contributed by atoms with Crippen molar-refractivity contribution in [2.75, 3.05) is 14.2 Å². The minimum absolute atomic E-state index is 0.258. The molecule has 1 aromatic heterocycles. The number of hydrogen-bond donors (Lipinski definition) is 1. The molecule has 1 N–H and O–H groups in total. The van der Waals surface area contributed by atoms with Crippen molar-refractivity contribution in [3.05, 3.63) is 50.7 Å². The first-order valence-corrected chi connectivity index (χ1v) is 7.89. The van der Waals surface area contributed by atoms with Crippen LogP contribution in [0.15, 0.2) is 23.6 Å². The summed E-state index contributed by atoms with van der Waals surface area (Å²) in [5, 5.41) is 5.64. The minimum Gasteiger partial charge on any atom is -0.496 e. The van der Waals surface area contributed by atoms with Crippen molar-refractivity contribution in [2.24, 2.45) is 0 Å². The van der Waals surface area contributed by atoms with E-state index < -0.39 is 0 Å². The zero-order chi connectivity index (χ0) is 14.7. The van der Waals surface area contributed by atoms with Gasteiger partial charge < -0.3 is 10.1 Å². The lowest BCUT2D eigenvalue weighted by atomic mass is 9.97. The van der Waals surface area contributed by atoms with Crippen molar-refractivity contribution >= 4 is 11.3 Å². The average molecular weight is 289 g/mol. The summed E-state index contributed by atoms with van der Waals surface area (Å²) in [5.41, 5.74) is 5.12. The van der Waals surface area contributed by atoms with Crippen LogP contribution in [0.25, 0.3) is 0 Å². The van der Waals surface area contributed by atoms with Gasteiger partial charge in [-0.3, -0.25) is 0 Å². The van der Waals surface area contributed by atoms with Crippen LogP contribution in [0.1, 0.15) is 40.1 Å². The van der Waals surface area contributed by atoms with E-state index in [4.69, 9.17) is 4.74 Å². The van der Waals surface area contributed by atoms with Crippen LogP contribution in [0.5, 0.6) is 5.75 Å². The lowest BCUT2D eigenvalue weighted by Gasteiger charge is -2.20. The molecule has 20 heavy (non-hydrogen) atoms. The molecule has 0 saturated heterocycles. The largest absolute Gasteiger partial charge is 0.496 e. The van der Waals surface area contributed by atoms with E-state index in [-0.39, 0.29) is 6.04 Å². The predicted molar refractivity (Wildman–Crippen MR) is 87.1 cm³/mol. The van der Waals surface area contributed by atoms with Gasteiger partial charge in [-0.15, -0.1) is 11.3 Å². The third-order valence-corrected chi connectivity index (χ3v) is 4.76. The van der Waals surface area contributed by atoms with Gasteiger partial charge in [-0.1, -0.05) is 19.1 Å². The summed E-state index contributed by atoms with van der Waals surface area (Å²) < 4.78 is 5.46. The number of rotatable bonds is 5. The van der Waals surface area contributed by atoms with E-state index in [0.29, 0.717) is 0 Å². The Morgan fingerprint density at radius 2 is 1.90 bits per heavy atom. The van der Waals surface area contributed by atoms with Crippen molar-refractivity contribution in [2.45, 2.75) is 33.2 Å². The second kappa shape index (κ2) is 6.42. The number of ether oxygens (including phenoxy) is 1. The summed E-state index contributed by atoms with van der Waals surface area (Å²) >= 11 is 1.83. The third kappa shape index (κ3) is 2.74. The van der Waals surface area contributed by atoms with Gasteiger partial charge in [0, 0.05) is 4.88 Å². The van der Waals surface area contributed by atoms with Gasteiger partial charge in [-0.2, -0.15) is 0 Å². The van der Waals surface area contributed by atoms with Gasteiger partial charge in [0.25, 0.3) is 0 Å². The van der Waals surface area contributed by atoms with Gasteiger partial charge >= 0.3 is 0 Å². The second-order valence-electron chi connectivity index (χ2n) is 5.07. The highest BCUT2D eigenvalue weighted by molar-refractivity contribution is 7.10. The highest BCUT2D eigenvalue weighted by Crippen LogP contribution is 2.33. The summed E-state index contributed by atoms with van der Waals surface area (Å²) in [6.45, 7) is 6.43. The Morgan fingerprint density at radius 1 is 1.25 bits per heavy atom. The van der Waals surface area contributed by atoms with E-state index in [0.717, 1.165) is 12.2 Å². The first-order valence-electron chi connectivity index (χ1n) is 7.01. The van der Waals surface area contributed by atoms with E-state index in [1.165, 1.54) is 27.1 Å². The van der Waals surface area contributed by atoms with Crippen molar-refractivity contribution in [3.8, 4) is 5.75 Å². The van der Waals surface area contributed by atoms with Crippen LogP contribution in [-0.4, -0.2) is 14.2 Å². The van der Waals surface area contributed by atoms with Crippen LogP contribution in [0.3, 0.4) is 0 Å². The summed E-state index contributed by atoms with van der Waals surface area (Å²) in [7, 11) is 3.76. The fraction of sp³-hybridized carbons (Fsp3) is 0.412. The third-order valence-electron chi connectivity index (χ3n) is 3.73. The molecule has 0 saturated carbocycles. The molecule has 108 valence electrons. The zero-order valence-electron chi connectivity index (χ0n) is 12.9. The Labute approximate surface area is 125 Å². The quantitative estimate of drug-likeness (QED) is 0.888. The fourth-order valence-electron chi connectivity index (χ4n) is 2.81. The molecule has 0 aliphatic rings. The van der Waals surface area contributed by atoms with E-state index in [9.17, 15) is 0 Å². The molecule has 1 heterocycles. The first kappa shape index (κ1) is 15.1. The molecule has 2 aromatic rings. The van der Waals surface area contributed by atoms with Crippen LogP contribution in [-0.2, 0) is 6.42 Å². The fourth-order valence-corrected chi connectivity index (χ4v) is 3.95. The van der Waals surface area contributed by atoms with Gasteiger partial charge in [0.2, 0.25) is 0 Å². The summed E-state index contributed by atoms with van der Waals surface area (Å²) in [6, 6.07) is 6.94. The van der Waals surface area contributed by atoms with Crippen molar-refractivity contribution in [3.63, 3.8) is 0 Å². The standard InChI is InChI=1S/C17H23NOS/c1-6-13-7-8-20-17(13)15(18-4)14-9-11(2)16(19-5)12(3)10-14/h7-10,15,18H,6H2,1-5H3. The molecule has 1 atom stereocenters. The monoisotopic (exact) mass is 289 g/mol. The molecular formula is C17H23NOS. The topological polar surface area (TPSA) is 21.3 Å². The van der Waals surface area contributed by atoms with Gasteiger partial charge in [0.05, 0.1) is 13.2 Å². The van der Waals surface area contributed by atoms with E-state index in [2.05, 4.69) is 49.7 Å². The van der Waals surface area contributed by atoms with E-state index in [1.807, 2.05) is 18.4 Å². The summed E-state index contributed by atoms with van der Waals surface area (Å²) in [5.74, 6) is 0.991. The summed E-state index contributed by atoms with van der Waals surface area (Å²) in [4.78, 5) is 1.42. The molecule has 1 aromatic carbocycles. The Morgan fingerprint density at radius 3 is 2.40 bits per heavy atom. The molecule has 3 heteroatoms. The normalized spacial score (nSPS) is 12.4. The lowest BCUT2D eigenvalue weighted by Crippen LogP contribution is -2.18. The number of aryl methyl sites for hydroxylation is 3. The molecule has 2 nitrogen and oxygen atoms in total. The van der Waals surface area contributed by atoms with Crippen LogP contribution < -0.4 is 10.1 Å². The second-order valence-corrected chi connectivity index (χ2v) is 6.02. The number of nitrogens with one attached hydrogen (secondary N) is 1. The predicted octanol–water partition coefficient (Wildman–Crippen LogP) is 4.24. The van der Waals surface area contributed by atoms with Gasteiger partial charge in [0.15, 0.2) is 0 Å². The van der Waals surface area contributed by atoms with Crippen molar-refractivity contribution in [1.82, 2.24) is 5.32 Å². The Hall–Kier alpha value is -1.32. The molecule has 0 spiro atoms. The lowest BCUT2D eigenvalue weighted by molar-refractivity contribution is 0.408. The van der Waals surface area contributed by atoms with Crippen LogP contribution >= 0.6 is 11.3 Å². The number of thiophene rings is 1. The Balaban J connectivity index is 2.48. The molecule has 0 aliphatic heterocycles. The molecular weight excluding hydrogens is 266 g/mol. The Bertz CT molecular complexity index is 565. The van der Waals surface area contributed by atoms with Gasteiger partial charge in [0.1, 0.15) is 5.75 Å². The molecule has 0 fully saturated rings. The molecule has 1 unspecified atom stereocenters. The van der Waals surface area contributed by atoms with Crippen molar-refractivity contribution in [1.29, 1.82) is 0 Å². The molecule has 0 amide bonds. The zero-order valence-corrected chi connectivity index (χ0v) is 13.7. The smallest absolute Gasteiger partial charge is 0.124 e. The highest BCUT2D eigenvalue weighted by Gasteiger charge is 2.18. The average Bonchev–Trinajstić information content (AvgIpc) is 2.87. The number of hydrogen-bond acceptors (Lipinski definition) is 3. The number of methoxy groups -OCH3 is 1. The molecule has 0 aliphatic carbocycles. The number of benzene rings is 1. The van der Waals surface area contributed by atoms with Crippen LogP contribution in [0.2, 0.25) is 0 Å². The highest BCUT2D eigenvalue weighted by atomic mass is 32.1. The molecule has 0 bridgehead atoms. The van der Waals surface area contributed by atoms with Crippen LogP contribution in [0.4, 0.5) is 0 Å². The maximum atomic E-state index is 5.46. The summed E-state index contributed by atoms with van der Waals surface area (Å²) in [6.07, 6.45) is 1.07. The van der Waals surface area contributed by atoms with E-state index in [1.54, 1.807) is 7.11 Å². The van der Waals surface area contributed by atoms with Gasteiger partial charge in [-0.25, -0.2) is 0 Å². The Kier molecular flexibility index (Phi) is 4.84. The van der Waals surface area contributed by atoms with Crippen molar-refractivity contribution < 1.29 is 4.74 Å². The SMILES string of the molecule is CCc1ccsc1C(NC)c1cc(C)c(OC)c(C)c1. The van der Waals surface area contributed by atoms with E-state index >= 15 is 0 Å². The van der Waals surface area contributed by atoms with Crippen LogP contribution in [0, 0.1) is 13.8 Å². The maximum absolute atomic E-state index is 5.46. The van der Waals surface area contributed by atoms with Gasteiger partial charge in [-0.05, 0) is 61.0 Å². The first-order chi connectivity index (χ1) is 9.62. The molecule has 2 rings (SSSR count).